The zero-order chi connectivity index (χ0) is 15.5. The van der Waals surface area contributed by atoms with Crippen LogP contribution in [-0.2, 0) is 0 Å². The second kappa shape index (κ2) is 5.56. The van der Waals surface area contributed by atoms with E-state index in [9.17, 15) is 10.1 Å². The average Bonchev–Trinajstić information content (AvgIpc) is 3.03. The topological polar surface area (TPSA) is 112 Å². The molecule has 0 aliphatic heterocycles. The van der Waals surface area contributed by atoms with E-state index in [0.29, 0.717) is 5.82 Å². The van der Waals surface area contributed by atoms with Crippen molar-refractivity contribution in [3.05, 3.63) is 59.1 Å². The van der Waals surface area contributed by atoms with Crippen LogP contribution >= 0.6 is 0 Å². The molecule has 0 fully saturated rings. The van der Waals surface area contributed by atoms with Gasteiger partial charge in [0.1, 0.15) is 18.5 Å². The Morgan fingerprint density at radius 2 is 2.09 bits per heavy atom. The molecule has 3 aromatic heterocycles. The lowest BCUT2D eigenvalue weighted by atomic mass is 10.3. The molecule has 0 saturated carbocycles. The number of hydrogen-bond acceptors (Lipinski definition) is 7. The molecule has 3 aromatic rings. The highest BCUT2D eigenvalue weighted by Crippen LogP contribution is 2.30. The molecule has 1 N–H and O–H groups in total. The second-order valence-corrected chi connectivity index (χ2v) is 4.42. The minimum absolute atomic E-state index is 0.0745. The van der Waals surface area contributed by atoms with Gasteiger partial charge >= 0.3 is 5.69 Å². The molecular formula is C13H11N7O2. The van der Waals surface area contributed by atoms with Crippen molar-refractivity contribution in [2.75, 3.05) is 5.32 Å². The summed E-state index contributed by atoms with van der Waals surface area (Å²) >= 11 is 0. The number of nitrogens with zero attached hydrogens (tertiary/aromatic N) is 6. The van der Waals surface area contributed by atoms with Gasteiger partial charge in [-0.1, -0.05) is 6.07 Å². The van der Waals surface area contributed by atoms with Gasteiger partial charge in [-0.25, -0.2) is 19.9 Å². The van der Waals surface area contributed by atoms with Crippen LogP contribution in [0.15, 0.2) is 43.4 Å². The summed E-state index contributed by atoms with van der Waals surface area (Å²) in [6, 6.07) is 3.63. The molecule has 110 valence electrons. The Kier molecular flexibility index (Phi) is 3.44. The Morgan fingerprint density at radius 3 is 2.77 bits per heavy atom. The summed E-state index contributed by atoms with van der Waals surface area (Å²) in [5.74, 6) is 0.708. The van der Waals surface area contributed by atoms with Crippen molar-refractivity contribution < 1.29 is 4.92 Å². The van der Waals surface area contributed by atoms with Crippen molar-refractivity contribution in [2.45, 2.75) is 6.92 Å². The lowest BCUT2D eigenvalue weighted by Gasteiger charge is -2.09. The summed E-state index contributed by atoms with van der Waals surface area (Å²) in [5, 5.41) is 14.3. The second-order valence-electron chi connectivity index (χ2n) is 4.42. The number of aryl methyl sites for hydroxylation is 1. The smallest absolute Gasteiger partial charge is 0.319 e. The first-order valence-corrected chi connectivity index (χ1v) is 6.33. The van der Waals surface area contributed by atoms with Gasteiger partial charge in [-0.3, -0.25) is 14.7 Å². The molecule has 9 heteroatoms. The van der Waals surface area contributed by atoms with Gasteiger partial charge in [-0.05, 0) is 18.6 Å². The molecule has 3 heterocycles. The number of pyridine rings is 1. The van der Waals surface area contributed by atoms with Crippen molar-refractivity contribution >= 4 is 17.3 Å². The van der Waals surface area contributed by atoms with E-state index in [1.54, 1.807) is 18.5 Å². The Labute approximate surface area is 124 Å². The summed E-state index contributed by atoms with van der Waals surface area (Å²) in [6.45, 7) is 1.85. The first-order chi connectivity index (χ1) is 10.7. The molecule has 0 radical (unpaired) electrons. The van der Waals surface area contributed by atoms with Crippen LogP contribution in [0.1, 0.15) is 5.56 Å². The first kappa shape index (κ1) is 13.6. The molecule has 0 spiro atoms. The van der Waals surface area contributed by atoms with Crippen LogP contribution in [0.25, 0.3) is 5.82 Å². The SMILES string of the molecule is Cc1cccnc1Nc1ncnc(-n2ccnc2)c1[N+](=O)[O-]. The van der Waals surface area contributed by atoms with Crippen LogP contribution in [0.3, 0.4) is 0 Å². The van der Waals surface area contributed by atoms with Crippen molar-refractivity contribution in [1.82, 2.24) is 24.5 Å². The fourth-order valence-corrected chi connectivity index (χ4v) is 1.93. The number of aromatic nitrogens is 5. The standard InChI is InChI=1S/C13H11N7O2/c1-9-3-2-4-15-11(9)18-12-10(20(21)22)13(17-7-16-12)19-6-5-14-8-19/h2-8H,1H3,(H,15,16,17,18). The maximum atomic E-state index is 11.4. The quantitative estimate of drug-likeness (QED) is 0.579. The third-order valence-electron chi connectivity index (χ3n) is 2.98. The van der Waals surface area contributed by atoms with Crippen LogP contribution in [0, 0.1) is 17.0 Å². The molecular weight excluding hydrogens is 286 g/mol. The summed E-state index contributed by atoms with van der Waals surface area (Å²) in [5.41, 5.74) is 0.602. The van der Waals surface area contributed by atoms with Gasteiger partial charge < -0.3 is 5.32 Å². The van der Waals surface area contributed by atoms with Gasteiger partial charge in [0, 0.05) is 18.6 Å². The van der Waals surface area contributed by atoms with E-state index in [1.165, 1.54) is 23.4 Å². The highest BCUT2D eigenvalue weighted by Gasteiger charge is 2.24. The number of imidazole rings is 1. The summed E-state index contributed by atoms with van der Waals surface area (Å²) in [6.07, 6.45) is 7.38. The predicted molar refractivity (Wildman–Crippen MR) is 78.1 cm³/mol. The van der Waals surface area contributed by atoms with E-state index >= 15 is 0 Å². The third-order valence-corrected chi connectivity index (χ3v) is 2.98. The number of anilines is 2. The molecule has 0 bridgehead atoms. The summed E-state index contributed by atoms with van der Waals surface area (Å²) < 4.78 is 1.45. The molecule has 3 rings (SSSR count). The minimum Gasteiger partial charge on any atom is -0.319 e. The molecule has 0 atom stereocenters. The fraction of sp³-hybridized carbons (Fsp3) is 0.0769. The van der Waals surface area contributed by atoms with Crippen molar-refractivity contribution in [2.24, 2.45) is 0 Å². The largest absolute Gasteiger partial charge is 0.354 e. The van der Waals surface area contributed by atoms with Crippen LogP contribution in [0.2, 0.25) is 0 Å². The van der Waals surface area contributed by atoms with Crippen LogP contribution in [-0.4, -0.2) is 29.4 Å². The summed E-state index contributed by atoms with van der Waals surface area (Å²) in [4.78, 5) is 26.9. The maximum absolute atomic E-state index is 11.4. The van der Waals surface area contributed by atoms with Crippen LogP contribution < -0.4 is 5.32 Å². The Hall–Kier alpha value is -3.36. The van der Waals surface area contributed by atoms with Crippen LogP contribution in [0.5, 0.6) is 0 Å². The molecule has 0 aliphatic carbocycles. The van der Waals surface area contributed by atoms with Gasteiger partial charge in [0.05, 0.1) is 4.92 Å². The molecule has 0 aromatic carbocycles. The van der Waals surface area contributed by atoms with Crippen LogP contribution in [0.4, 0.5) is 17.3 Å². The zero-order valence-electron chi connectivity index (χ0n) is 11.5. The predicted octanol–water partition coefficient (Wildman–Crippen LogP) is 2.02. The lowest BCUT2D eigenvalue weighted by molar-refractivity contribution is -0.384. The number of nitrogens with one attached hydrogen (secondary N) is 1. The van der Waals surface area contributed by atoms with E-state index in [2.05, 4.69) is 25.3 Å². The van der Waals surface area contributed by atoms with Gasteiger partial charge in [0.25, 0.3) is 0 Å². The van der Waals surface area contributed by atoms with Crippen molar-refractivity contribution in [3.8, 4) is 5.82 Å². The average molecular weight is 297 g/mol. The highest BCUT2D eigenvalue weighted by atomic mass is 16.6. The molecule has 0 unspecified atom stereocenters. The fourth-order valence-electron chi connectivity index (χ4n) is 1.93. The van der Waals surface area contributed by atoms with E-state index in [1.807, 2.05) is 13.0 Å². The van der Waals surface area contributed by atoms with E-state index in [0.717, 1.165) is 5.56 Å². The molecule has 22 heavy (non-hydrogen) atoms. The molecule has 9 nitrogen and oxygen atoms in total. The van der Waals surface area contributed by atoms with E-state index < -0.39 is 4.92 Å². The van der Waals surface area contributed by atoms with Gasteiger partial charge in [-0.2, -0.15) is 0 Å². The molecule has 0 saturated heterocycles. The molecule has 0 amide bonds. The van der Waals surface area contributed by atoms with Crippen molar-refractivity contribution in [3.63, 3.8) is 0 Å². The number of hydrogen-bond donors (Lipinski definition) is 1. The highest BCUT2D eigenvalue weighted by molar-refractivity contribution is 5.69. The maximum Gasteiger partial charge on any atom is 0.354 e. The monoisotopic (exact) mass is 297 g/mol. The Balaban J connectivity index is 2.10. The Bertz CT molecular complexity index is 817. The van der Waals surface area contributed by atoms with Crippen molar-refractivity contribution in [1.29, 1.82) is 0 Å². The normalized spacial score (nSPS) is 10.4. The van der Waals surface area contributed by atoms with Gasteiger partial charge in [0.15, 0.2) is 0 Å². The zero-order valence-corrected chi connectivity index (χ0v) is 11.5. The lowest BCUT2D eigenvalue weighted by Crippen LogP contribution is -2.07. The van der Waals surface area contributed by atoms with E-state index in [-0.39, 0.29) is 17.3 Å². The summed E-state index contributed by atoms with van der Waals surface area (Å²) in [7, 11) is 0. The number of rotatable bonds is 4. The van der Waals surface area contributed by atoms with E-state index in [4.69, 9.17) is 0 Å². The minimum atomic E-state index is -0.532. The Morgan fingerprint density at radius 1 is 1.23 bits per heavy atom. The van der Waals surface area contributed by atoms with Gasteiger partial charge in [-0.15, -0.1) is 0 Å². The number of nitro groups is 1. The molecule has 0 aliphatic rings. The first-order valence-electron chi connectivity index (χ1n) is 6.33. The van der Waals surface area contributed by atoms with Gasteiger partial charge in [0.2, 0.25) is 11.6 Å². The third kappa shape index (κ3) is 2.46.